The van der Waals surface area contributed by atoms with Gasteiger partial charge in [-0.3, -0.25) is 0 Å². The Balaban J connectivity index is 1.59. The van der Waals surface area contributed by atoms with E-state index in [1.165, 1.54) is 0 Å². The van der Waals surface area contributed by atoms with Crippen molar-refractivity contribution in [1.29, 1.82) is 0 Å². The maximum Gasteiger partial charge on any atom is 0.231 e. The highest BCUT2D eigenvalue weighted by Crippen LogP contribution is 2.39. The smallest absolute Gasteiger partial charge is 0.231 e. The van der Waals surface area contributed by atoms with Crippen LogP contribution in [-0.4, -0.2) is 12.4 Å². The average Bonchev–Trinajstić information content (AvgIpc) is 2.99. The summed E-state index contributed by atoms with van der Waals surface area (Å²) in [5.74, 6) is 2.28. The van der Waals surface area contributed by atoms with Gasteiger partial charge in [0.1, 0.15) is 5.60 Å². The largest absolute Gasteiger partial charge is 0.481 e. The molecule has 2 aromatic carbocycles. The van der Waals surface area contributed by atoms with Gasteiger partial charge in [-0.25, -0.2) is 0 Å². The number of hydrogen-bond acceptors (Lipinski definition) is 4. The molecule has 0 bridgehead atoms. The normalized spacial score (nSPS) is 16.5. The summed E-state index contributed by atoms with van der Waals surface area (Å²) in [4.78, 5) is 0. The van der Waals surface area contributed by atoms with Crippen molar-refractivity contribution in [1.82, 2.24) is 0 Å². The summed E-state index contributed by atoms with van der Waals surface area (Å²) in [6.45, 7) is 4.89. The molecule has 0 saturated carbocycles. The van der Waals surface area contributed by atoms with Gasteiger partial charge in [0.15, 0.2) is 17.2 Å². The number of nitrogens with one attached hydrogen (secondary N) is 1. The van der Waals surface area contributed by atoms with Gasteiger partial charge in [-0.15, -0.1) is 0 Å². The van der Waals surface area contributed by atoms with Gasteiger partial charge in [0.05, 0.1) is 5.69 Å². The highest BCUT2D eigenvalue weighted by Gasteiger charge is 2.24. The van der Waals surface area contributed by atoms with Crippen LogP contribution >= 0.6 is 11.6 Å². The molecular weight excluding hydrogens is 326 g/mol. The van der Waals surface area contributed by atoms with Crippen molar-refractivity contribution >= 4 is 23.4 Å². The lowest BCUT2D eigenvalue weighted by Crippen LogP contribution is -2.28. The summed E-state index contributed by atoms with van der Waals surface area (Å²) >= 11 is 6.34. The molecule has 2 heterocycles. The topological polar surface area (TPSA) is 39.7 Å². The maximum atomic E-state index is 6.34. The van der Waals surface area contributed by atoms with E-state index in [1.54, 1.807) is 6.07 Å². The molecule has 0 radical (unpaired) electrons. The maximum absolute atomic E-state index is 6.34. The van der Waals surface area contributed by atoms with Gasteiger partial charge >= 0.3 is 0 Å². The van der Waals surface area contributed by atoms with Gasteiger partial charge in [0, 0.05) is 23.2 Å². The summed E-state index contributed by atoms with van der Waals surface area (Å²) in [6.07, 6.45) is 4.16. The fourth-order valence-corrected chi connectivity index (χ4v) is 3.03. The van der Waals surface area contributed by atoms with Crippen molar-refractivity contribution in [2.45, 2.75) is 26.0 Å². The van der Waals surface area contributed by atoms with Crippen molar-refractivity contribution in [3.05, 3.63) is 52.6 Å². The van der Waals surface area contributed by atoms with Gasteiger partial charge < -0.3 is 19.5 Å². The summed E-state index contributed by atoms with van der Waals surface area (Å²) in [5, 5.41) is 4.07. The zero-order chi connectivity index (χ0) is 16.7. The Morgan fingerprint density at radius 2 is 1.96 bits per heavy atom. The van der Waals surface area contributed by atoms with Gasteiger partial charge in [0.2, 0.25) is 6.79 Å². The Bertz CT molecular complexity index is 830. The molecule has 2 aliphatic rings. The van der Waals surface area contributed by atoms with E-state index in [1.807, 2.05) is 38.1 Å². The molecule has 0 aromatic heterocycles. The van der Waals surface area contributed by atoms with E-state index in [0.29, 0.717) is 17.3 Å². The molecule has 0 amide bonds. The minimum atomic E-state index is -0.318. The van der Waals surface area contributed by atoms with Crippen molar-refractivity contribution < 1.29 is 14.2 Å². The molecule has 0 unspecified atom stereocenters. The number of hydrogen-bond donors (Lipinski definition) is 1. The van der Waals surface area contributed by atoms with Crippen molar-refractivity contribution in [3.8, 4) is 17.2 Å². The Kier molecular flexibility index (Phi) is 3.57. The molecule has 24 heavy (non-hydrogen) atoms. The van der Waals surface area contributed by atoms with E-state index in [-0.39, 0.29) is 12.4 Å². The van der Waals surface area contributed by atoms with Crippen molar-refractivity contribution in [2.75, 3.05) is 12.1 Å². The second-order valence-corrected chi connectivity index (χ2v) is 6.82. The third-order valence-corrected chi connectivity index (χ3v) is 4.44. The van der Waals surface area contributed by atoms with Crippen LogP contribution in [0.1, 0.15) is 25.0 Å². The molecule has 4 nitrogen and oxygen atoms in total. The minimum absolute atomic E-state index is 0.240. The molecule has 0 aliphatic carbocycles. The van der Waals surface area contributed by atoms with Crippen LogP contribution in [-0.2, 0) is 6.54 Å². The first kappa shape index (κ1) is 15.2. The summed E-state index contributed by atoms with van der Waals surface area (Å²) in [5.41, 5.74) is 2.64. The third kappa shape index (κ3) is 2.78. The fraction of sp³-hybridized carbons (Fsp3) is 0.263. The zero-order valence-corrected chi connectivity index (χ0v) is 14.3. The highest BCUT2D eigenvalue weighted by atomic mass is 35.5. The third-order valence-electron chi connectivity index (χ3n) is 4.09. The Labute approximate surface area is 146 Å². The van der Waals surface area contributed by atoms with Crippen molar-refractivity contribution in [3.63, 3.8) is 0 Å². The van der Waals surface area contributed by atoms with Gasteiger partial charge in [-0.1, -0.05) is 29.8 Å². The lowest BCUT2D eigenvalue weighted by Gasteiger charge is -2.29. The molecule has 0 spiro atoms. The molecule has 0 atom stereocenters. The summed E-state index contributed by atoms with van der Waals surface area (Å²) in [6, 6.07) is 9.77. The number of para-hydroxylation sites is 1. The van der Waals surface area contributed by atoms with Crippen LogP contribution in [0, 0.1) is 0 Å². The molecular formula is C19H18ClNO3. The number of ether oxygens (including phenoxy) is 3. The number of halogens is 1. The second kappa shape index (κ2) is 5.64. The van der Waals surface area contributed by atoms with Crippen LogP contribution in [0.15, 0.2) is 36.4 Å². The van der Waals surface area contributed by atoms with Gasteiger partial charge in [-0.2, -0.15) is 0 Å². The van der Waals surface area contributed by atoms with E-state index in [0.717, 1.165) is 28.3 Å². The quantitative estimate of drug-likeness (QED) is 0.863. The Morgan fingerprint density at radius 1 is 1.17 bits per heavy atom. The Hall–Kier alpha value is -2.33. The first-order chi connectivity index (χ1) is 11.5. The molecule has 2 aromatic rings. The standard InChI is InChI=1S/C19H18ClNO3/c1-19(2)7-6-12-4-3-5-15(18(12)24-19)21-10-13-8-16-17(9-14(13)20)23-11-22-16/h3-9,21H,10-11H2,1-2H3. The van der Waals surface area contributed by atoms with Crippen LogP contribution < -0.4 is 19.5 Å². The SMILES string of the molecule is CC1(C)C=Cc2cccc(NCc3cc4c(cc3Cl)OCO4)c2O1. The monoisotopic (exact) mass is 343 g/mol. The second-order valence-electron chi connectivity index (χ2n) is 6.41. The van der Waals surface area contributed by atoms with Crippen LogP contribution in [0.25, 0.3) is 6.08 Å². The number of benzene rings is 2. The average molecular weight is 344 g/mol. The summed E-state index contributed by atoms with van der Waals surface area (Å²) in [7, 11) is 0. The van der Waals surface area contributed by atoms with E-state index < -0.39 is 0 Å². The van der Waals surface area contributed by atoms with Crippen LogP contribution in [0.4, 0.5) is 5.69 Å². The minimum Gasteiger partial charge on any atom is -0.481 e. The molecule has 2 aliphatic heterocycles. The van der Waals surface area contributed by atoms with Gasteiger partial charge in [0.25, 0.3) is 0 Å². The lowest BCUT2D eigenvalue weighted by molar-refractivity contribution is 0.160. The first-order valence-electron chi connectivity index (χ1n) is 7.85. The molecule has 0 saturated heterocycles. The summed E-state index contributed by atoms with van der Waals surface area (Å²) < 4.78 is 16.9. The van der Waals surface area contributed by atoms with Crippen molar-refractivity contribution in [2.24, 2.45) is 0 Å². The number of rotatable bonds is 3. The van der Waals surface area contributed by atoms with Crippen LogP contribution in [0.3, 0.4) is 0 Å². The van der Waals surface area contributed by atoms with Crippen LogP contribution in [0.2, 0.25) is 5.02 Å². The molecule has 4 rings (SSSR count). The number of anilines is 1. The predicted octanol–water partition coefficient (Wildman–Crippen LogP) is 4.87. The van der Waals surface area contributed by atoms with Gasteiger partial charge in [-0.05, 0) is 37.6 Å². The molecule has 5 heteroatoms. The first-order valence-corrected chi connectivity index (χ1v) is 8.23. The molecule has 0 fully saturated rings. The van der Waals surface area contributed by atoms with E-state index in [2.05, 4.69) is 17.5 Å². The van der Waals surface area contributed by atoms with E-state index in [9.17, 15) is 0 Å². The molecule has 1 N–H and O–H groups in total. The van der Waals surface area contributed by atoms with E-state index >= 15 is 0 Å². The number of fused-ring (bicyclic) bond motifs is 2. The zero-order valence-electron chi connectivity index (χ0n) is 13.6. The molecule has 124 valence electrons. The van der Waals surface area contributed by atoms with Crippen LogP contribution in [0.5, 0.6) is 17.2 Å². The van der Waals surface area contributed by atoms with E-state index in [4.69, 9.17) is 25.8 Å². The Morgan fingerprint density at radius 3 is 2.79 bits per heavy atom. The predicted molar refractivity (Wildman–Crippen MR) is 95.1 cm³/mol. The fourth-order valence-electron chi connectivity index (χ4n) is 2.81. The lowest BCUT2D eigenvalue weighted by atomic mass is 10.0. The highest BCUT2D eigenvalue weighted by molar-refractivity contribution is 6.31.